The fourth-order valence-corrected chi connectivity index (χ4v) is 6.87. The van der Waals surface area contributed by atoms with Crippen molar-refractivity contribution >= 4 is 17.5 Å². The summed E-state index contributed by atoms with van der Waals surface area (Å²) in [4.78, 5) is 15.6. The van der Waals surface area contributed by atoms with Gasteiger partial charge in [-0.3, -0.25) is 9.69 Å². The van der Waals surface area contributed by atoms with Gasteiger partial charge in [0.15, 0.2) is 0 Å². The molecule has 1 saturated heterocycles. The van der Waals surface area contributed by atoms with Gasteiger partial charge in [0.1, 0.15) is 0 Å². The lowest BCUT2D eigenvalue weighted by Crippen LogP contribution is -2.62. The van der Waals surface area contributed by atoms with Gasteiger partial charge in [0.05, 0.1) is 6.04 Å². The van der Waals surface area contributed by atoms with Gasteiger partial charge in [0, 0.05) is 17.1 Å². The van der Waals surface area contributed by atoms with E-state index < -0.39 is 0 Å². The summed E-state index contributed by atoms with van der Waals surface area (Å²) in [6.07, 6.45) is 10.1. The van der Waals surface area contributed by atoms with E-state index in [1.165, 1.54) is 44.1 Å². The van der Waals surface area contributed by atoms with Crippen LogP contribution in [0.2, 0.25) is 5.02 Å². The summed E-state index contributed by atoms with van der Waals surface area (Å²) in [5.41, 5.74) is 1.37. The molecule has 0 aromatic heterocycles. The Balaban J connectivity index is 1.26. The van der Waals surface area contributed by atoms with Gasteiger partial charge in [-0.2, -0.15) is 0 Å². The second-order valence-corrected chi connectivity index (χ2v) is 9.88. The van der Waals surface area contributed by atoms with Crippen LogP contribution in [0, 0.1) is 17.8 Å². The molecule has 1 amide bonds. The van der Waals surface area contributed by atoms with E-state index in [1.54, 1.807) is 0 Å². The summed E-state index contributed by atoms with van der Waals surface area (Å²) in [6.45, 7) is 1.86. The van der Waals surface area contributed by atoms with Crippen molar-refractivity contribution in [1.29, 1.82) is 0 Å². The predicted molar refractivity (Wildman–Crippen MR) is 104 cm³/mol. The minimum absolute atomic E-state index is 0.0404. The fraction of sp³-hybridized carbons (Fsp3) is 0.682. The molecule has 3 nitrogen and oxygen atoms in total. The molecule has 1 aliphatic heterocycles. The standard InChI is InChI=1S/C22H29ClN2O/c23-19-5-3-15(4-6-19)14-25-7-1-2-20(25)21(26)24-22-11-16-8-17(12-22)10-18(9-16)13-22/h3-6,16-18,20H,1-2,7-14H2,(H,24,26)/t16?,17?,18?,20-,22?/m1/s1. The SMILES string of the molecule is O=C(NC12CC3CC(CC(C3)C1)C2)[C@H]1CCCN1Cc1ccc(Cl)cc1. The van der Waals surface area contributed by atoms with E-state index in [-0.39, 0.29) is 11.6 Å². The summed E-state index contributed by atoms with van der Waals surface area (Å²) in [5, 5.41) is 4.36. The van der Waals surface area contributed by atoms with Crippen LogP contribution in [0.15, 0.2) is 24.3 Å². The highest BCUT2D eigenvalue weighted by atomic mass is 35.5. The number of nitrogens with zero attached hydrogens (tertiary/aromatic N) is 1. The van der Waals surface area contributed by atoms with Crippen molar-refractivity contribution in [1.82, 2.24) is 10.2 Å². The van der Waals surface area contributed by atoms with E-state index in [0.717, 1.165) is 48.7 Å². The molecule has 6 rings (SSSR count). The molecule has 1 N–H and O–H groups in total. The molecule has 0 unspecified atom stereocenters. The molecule has 1 heterocycles. The Morgan fingerprint density at radius 3 is 2.31 bits per heavy atom. The number of likely N-dealkylation sites (tertiary alicyclic amines) is 1. The predicted octanol–water partition coefficient (Wildman–Crippen LogP) is 4.39. The Hall–Kier alpha value is -1.06. The molecule has 4 heteroatoms. The Labute approximate surface area is 161 Å². The average molecular weight is 373 g/mol. The molecule has 4 bridgehead atoms. The largest absolute Gasteiger partial charge is 0.349 e. The normalized spacial score (nSPS) is 38.7. The van der Waals surface area contributed by atoms with Gasteiger partial charge in [-0.15, -0.1) is 0 Å². The zero-order valence-corrected chi connectivity index (χ0v) is 16.2. The van der Waals surface area contributed by atoms with Gasteiger partial charge >= 0.3 is 0 Å². The molecule has 5 fully saturated rings. The maximum atomic E-state index is 13.2. The topological polar surface area (TPSA) is 32.3 Å². The van der Waals surface area contributed by atoms with Crippen molar-refractivity contribution in [3.05, 3.63) is 34.9 Å². The van der Waals surface area contributed by atoms with Crippen LogP contribution >= 0.6 is 11.6 Å². The lowest BCUT2D eigenvalue weighted by molar-refractivity contribution is -0.131. The summed E-state index contributed by atoms with van der Waals surface area (Å²) in [5.74, 6) is 2.90. The molecule has 1 aromatic rings. The van der Waals surface area contributed by atoms with Crippen LogP contribution in [0.25, 0.3) is 0 Å². The Morgan fingerprint density at radius 2 is 1.69 bits per heavy atom. The smallest absolute Gasteiger partial charge is 0.237 e. The van der Waals surface area contributed by atoms with E-state index in [2.05, 4.69) is 22.3 Å². The van der Waals surface area contributed by atoms with E-state index in [9.17, 15) is 4.79 Å². The quantitative estimate of drug-likeness (QED) is 0.850. The molecule has 140 valence electrons. The molecular formula is C22H29ClN2O. The zero-order valence-electron chi connectivity index (χ0n) is 15.4. The molecule has 4 saturated carbocycles. The Morgan fingerprint density at radius 1 is 1.08 bits per heavy atom. The van der Waals surface area contributed by atoms with Crippen LogP contribution < -0.4 is 5.32 Å². The van der Waals surface area contributed by atoms with Crippen LogP contribution in [0.4, 0.5) is 0 Å². The van der Waals surface area contributed by atoms with Gasteiger partial charge < -0.3 is 5.32 Å². The van der Waals surface area contributed by atoms with Crippen molar-refractivity contribution in [2.75, 3.05) is 6.54 Å². The van der Waals surface area contributed by atoms with Crippen molar-refractivity contribution in [3.8, 4) is 0 Å². The van der Waals surface area contributed by atoms with Gasteiger partial charge in [0.25, 0.3) is 0 Å². The third kappa shape index (κ3) is 3.18. The third-order valence-corrected chi connectivity index (χ3v) is 7.64. The second kappa shape index (κ2) is 6.53. The molecule has 1 atom stereocenters. The van der Waals surface area contributed by atoms with Crippen LogP contribution in [-0.2, 0) is 11.3 Å². The van der Waals surface area contributed by atoms with Crippen molar-refractivity contribution in [2.24, 2.45) is 17.8 Å². The van der Waals surface area contributed by atoms with E-state index in [1.807, 2.05) is 12.1 Å². The summed E-state index contributed by atoms with van der Waals surface area (Å²) in [7, 11) is 0. The fourth-order valence-electron chi connectivity index (χ4n) is 6.75. The Bertz CT molecular complexity index is 651. The Kier molecular flexibility index (Phi) is 4.28. The first-order valence-electron chi connectivity index (χ1n) is 10.4. The van der Waals surface area contributed by atoms with Crippen molar-refractivity contribution < 1.29 is 4.79 Å². The number of rotatable bonds is 4. The average Bonchev–Trinajstić information content (AvgIpc) is 3.03. The van der Waals surface area contributed by atoms with Gasteiger partial charge in [0.2, 0.25) is 5.91 Å². The second-order valence-electron chi connectivity index (χ2n) is 9.44. The maximum absolute atomic E-state index is 13.2. The molecular weight excluding hydrogens is 344 g/mol. The van der Waals surface area contributed by atoms with Gasteiger partial charge in [-0.1, -0.05) is 23.7 Å². The zero-order chi connectivity index (χ0) is 17.7. The number of halogens is 1. The van der Waals surface area contributed by atoms with E-state index in [4.69, 9.17) is 11.6 Å². The molecule has 26 heavy (non-hydrogen) atoms. The number of hydrogen-bond acceptors (Lipinski definition) is 2. The monoisotopic (exact) mass is 372 g/mol. The minimum Gasteiger partial charge on any atom is -0.349 e. The summed E-state index contributed by atoms with van der Waals surface area (Å²) < 4.78 is 0. The highest BCUT2D eigenvalue weighted by Crippen LogP contribution is 2.55. The minimum atomic E-state index is 0.0404. The summed E-state index contributed by atoms with van der Waals surface area (Å²) >= 11 is 6.00. The number of benzene rings is 1. The maximum Gasteiger partial charge on any atom is 0.237 e. The van der Waals surface area contributed by atoms with Crippen LogP contribution in [0.1, 0.15) is 56.9 Å². The molecule has 0 radical (unpaired) electrons. The van der Waals surface area contributed by atoms with Crippen LogP contribution in [-0.4, -0.2) is 28.9 Å². The van der Waals surface area contributed by atoms with E-state index in [0.29, 0.717) is 5.91 Å². The number of carbonyl (C=O) groups excluding carboxylic acids is 1. The first-order valence-corrected chi connectivity index (χ1v) is 10.8. The number of carbonyl (C=O) groups is 1. The van der Waals surface area contributed by atoms with Gasteiger partial charge in [-0.25, -0.2) is 0 Å². The highest BCUT2D eigenvalue weighted by Gasteiger charge is 2.52. The van der Waals surface area contributed by atoms with Gasteiger partial charge in [-0.05, 0) is 93.4 Å². The van der Waals surface area contributed by atoms with E-state index >= 15 is 0 Å². The number of hydrogen-bond donors (Lipinski definition) is 1. The molecule has 5 aliphatic rings. The molecule has 1 aromatic carbocycles. The first kappa shape index (κ1) is 17.1. The lowest BCUT2D eigenvalue weighted by Gasteiger charge is -2.57. The first-order chi connectivity index (χ1) is 12.6. The van der Waals surface area contributed by atoms with Crippen LogP contribution in [0.5, 0.6) is 0 Å². The van der Waals surface area contributed by atoms with Crippen molar-refractivity contribution in [3.63, 3.8) is 0 Å². The highest BCUT2D eigenvalue weighted by molar-refractivity contribution is 6.30. The van der Waals surface area contributed by atoms with Crippen LogP contribution in [0.3, 0.4) is 0 Å². The lowest BCUT2D eigenvalue weighted by atomic mass is 9.53. The molecule has 0 spiro atoms. The molecule has 4 aliphatic carbocycles. The number of amides is 1. The summed E-state index contributed by atoms with van der Waals surface area (Å²) in [6, 6.07) is 8.08. The number of nitrogens with one attached hydrogen (secondary N) is 1. The van der Waals surface area contributed by atoms with Crippen molar-refractivity contribution in [2.45, 2.75) is 69.5 Å². The third-order valence-electron chi connectivity index (χ3n) is 7.39.